The molecule has 0 bridgehead atoms. The first-order chi connectivity index (χ1) is 10.8. The highest BCUT2D eigenvalue weighted by Gasteiger charge is 2.25. The molecule has 2 unspecified atom stereocenters. The fourth-order valence-electron chi connectivity index (χ4n) is 3.66. The molecule has 122 valence electrons. The van der Waals surface area contributed by atoms with E-state index in [1.807, 2.05) is 0 Å². The summed E-state index contributed by atoms with van der Waals surface area (Å²) in [4.78, 5) is 0. The summed E-state index contributed by atoms with van der Waals surface area (Å²) in [6.07, 6.45) is 6.13. The highest BCUT2D eigenvalue weighted by molar-refractivity contribution is 5.32. The minimum Gasteiger partial charge on any atom is -0.381 e. The quantitative estimate of drug-likeness (QED) is 0.816. The second-order valence-electron chi connectivity index (χ2n) is 6.68. The maximum atomic E-state index is 5.95. The van der Waals surface area contributed by atoms with Gasteiger partial charge in [-0.3, -0.25) is 0 Å². The molecular formula is C19H29NO2. The smallest absolute Gasteiger partial charge is 0.0619 e. The molecule has 0 saturated carbocycles. The number of hydrogen-bond donors (Lipinski definition) is 1. The summed E-state index contributed by atoms with van der Waals surface area (Å²) in [5, 5.41) is 3.76. The van der Waals surface area contributed by atoms with E-state index in [9.17, 15) is 0 Å². The van der Waals surface area contributed by atoms with E-state index in [4.69, 9.17) is 9.47 Å². The number of ether oxygens (including phenoxy) is 2. The average molecular weight is 303 g/mol. The van der Waals surface area contributed by atoms with Crippen LogP contribution in [0.25, 0.3) is 0 Å². The Hall–Kier alpha value is -0.900. The van der Waals surface area contributed by atoms with Crippen molar-refractivity contribution in [3.05, 3.63) is 35.4 Å². The summed E-state index contributed by atoms with van der Waals surface area (Å²) in [7, 11) is 0. The minimum atomic E-state index is 0.420. The third-order valence-corrected chi connectivity index (χ3v) is 5.04. The van der Waals surface area contributed by atoms with Crippen molar-refractivity contribution >= 4 is 0 Å². The number of aryl methyl sites for hydroxylation is 1. The third-order valence-electron chi connectivity index (χ3n) is 5.04. The number of benzene rings is 1. The van der Waals surface area contributed by atoms with E-state index in [0.717, 1.165) is 45.6 Å². The molecule has 1 N–H and O–H groups in total. The summed E-state index contributed by atoms with van der Waals surface area (Å²) in [6.45, 7) is 5.98. The van der Waals surface area contributed by atoms with Crippen LogP contribution in [0, 0.1) is 5.92 Å². The van der Waals surface area contributed by atoms with E-state index < -0.39 is 0 Å². The van der Waals surface area contributed by atoms with Crippen molar-refractivity contribution in [1.29, 1.82) is 0 Å². The Kier molecular flexibility index (Phi) is 5.88. The van der Waals surface area contributed by atoms with Gasteiger partial charge >= 0.3 is 0 Å². The Bertz CT molecular complexity index is 457. The average Bonchev–Trinajstić information content (AvgIpc) is 2.57. The van der Waals surface area contributed by atoms with Crippen LogP contribution in [0.5, 0.6) is 0 Å². The van der Waals surface area contributed by atoms with Gasteiger partial charge in [0.05, 0.1) is 6.10 Å². The highest BCUT2D eigenvalue weighted by atomic mass is 16.5. The van der Waals surface area contributed by atoms with Gasteiger partial charge in [0.15, 0.2) is 0 Å². The first-order valence-corrected chi connectivity index (χ1v) is 8.85. The Morgan fingerprint density at radius 1 is 1.18 bits per heavy atom. The molecule has 1 heterocycles. The van der Waals surface area contributed by atoms with Crippen molar-refractivity contribution in [3.63, 3.8) is 0 Å². The standard InChI is InChI=1S/C19H29NO2/c1-15-7-8-16-5-2-3-6-18(16)19(15)20-11-4-12-22-17-9-13-21-14-10-17/h2-3,5-6,15,17,19-20H,4,7-14H2,1H3. The largest absolute Gasteiger partial charge is 0.381 e. The molecule has 1 saturated heterocycles. The van der Waals surface area contributed by atoms with Gasteiger partial charge in [-0.05, 0) is 55.7 Å². The summed E-state index contributed by atoms with van der Waals surface area (Å²) in [5.41, 5.74) is 3.03. The van der Waals surface area contributed by atoms with Crippen LogP contribution in [0.4, 0.5) is 0 Å². The van der Waals surface area contributed by atoms with Gasteiger partial charge in [-0.25, -0.2) is 0 Å². The summed E-state index contributed by atoms with van der Waals surface area (Å²) in [5.74, 6) is 0.714. The first kappa shape index (κ1) is 16.0. The summed E-state index contributed by atoms with van der Waals surface area (Å²) in [6, 6.07) is 9.41. The number of hydrogen-bond acceptors (Lipinski definition) is 3. The van der Waals surface area contributed by atoms with Crippen LogP contribution in [-0.4, -0.2) is 32.5 Å². The molecule has 2 aliphatic rings. The summed E-state index contributed by atoms with van der Waals surface area (Å²) >= 11 is 0. The van der Waals surface area contributed by atoms with Crippen molar-refractivity contribution in [2.75, 3.05) is 26.4 Å². The van der Waals surface area contributed by atoms with Crippen molar-refractivity contribution in [1.82, 2.24) is 5.32 Å². The van der Waals surface area contributed by atoms with E-state index >= 15 is 0 Å². The van der Waals surface area contributed by atoms with Gasteiger partial charge in [0.1, 0.15) is 0 Å². The Labute approximate surface area is 134 Å². The molecule has 3 rings (SSSR count). The van der Waals surface area contributed by atoms with E-state index in [1.165, 1.54) is 24.0 Å². The van der Waals surface area contributed by atoms with Crippen molar-refractivity contribution < 1.29 is 9.47 Å². The normalized spacial score (nSPS) is 25.9. The van der Waals surface area contributed by atoms with Crippen molar-refractivity contribution in [2.45, 2.75) is 51.2 Å². The molecule has 1 aromatic carbocycles. The maximum Gasteiger partial charge on any atom is 0.0619 e. The third kappa shape index (κ3) is 4.09. The lowest BCUT2D eigenvalue weighted by Crippen LogP contribution is -2.32. The second kappa shape index (κ2) is 8.09. The first-order valence-electron chi connectivity index (χ1n) is 8.85. The van der Waals surface area contributed by atoms with E-state index in [2.05, 4.69) is 36.5 Å². The summed E-state index contributed by atoms with van der Waals surface area (Å²) < 4.78 is 11.3. The fourth-order valence-corrected chi connectivity index (χ4v) is 3.66. The Morgan fingerprint density at radius 2 is 2.00 bits per heavy atom. The Morgan fingerprint density at radius 3 is 2.86 bits per heavy atom. The van der Waals surface area contributed by atoms with Crippen molar-refractivity contribution in [2.24, 2.45) is 5.92 Å². The molecule has 1 aliphatic heterocycles. The zero-order chi connectivity index (χ0) is 15.2. The molecule has 22 heavy (non-hydrogen) atoms. The second-order valence-corrected chi connectivity index (χ2v) is 6.68. The molecule has 3 heteroatoms. The molecule has 0 amide bonds. The predicted molar refractivity (Wildman–Crippen MR) is 89.1 cm³/mol. The number of nitrogens with one attached hydrogen (secondary N) is 1. The molecule has 3 nitrogen and oxygen atoms in total. The molecular weight excluding hydrogens is 274 g/mol. The SMILES string of the molecule is CC1CCc2ccccc2C1NCCCOC1CCOCC1. The van der Waals surface area contributed by atoms with Crippen LogP contribution in [-0.2, 0) is 15.9 Å². The Balaban J connectivity index is 1.41. The van der Waals surface area contributed by atoms with Crippen LogP contribution in [0.3, 0.4) is 0 Å². The van der Waals surface area contributed by atoms with Gasteiger partial charge in [0.25, 0.3) is 0 Å². The highest BCUT2D eigenvalue weighted by Crippen LogP contribution is 2.33. The van der Waals surface area contributed by atoms with E-state index in [0.29, 0.717) is 18.1 Å². The molecule has 1 aliphatic carbocycles. The van der Waals surface area contributed by atoms with E-state index in [-0.39, 0.29) is 0 Å². The number of rotatable bonds is 6. The molecule has 1 aromatic rings. The van der Waals surface area contributed by atoms with Crippen LogP contribution in [0.2, 0.25) is 0 Å². The zero-order valence-corrected chi connectivity index (χ0v) is 13.7. The van der Waals surface area contributed by atoms with Gasteiger partial charge < -0.3 is 14.8 Å². The lowest BCUT2D eigenvalue weighted by Gasteiger charge is -2.32. The molecule has 0 radical (unpaired) electrons. The molecule has 0 aromatic heterocycles. The van der Waals surface area contributed by atoms with Gasteiger partial charge in [0, 0.05) is 25.9 Å². The fraction of sp³-hybridized carbons (Fsp3) is 0.684. The monoisotopic (exact) mass is 303 g/mol. The lowest BCUT2D eigenvalue weighted by molar-refractivity contribution is -0.0323. The van der Waals surface area contributed by atoms with Gasteiger partial charge in [0.2, 0.25) is 0 Å². The van der Waals surface area contributed by atoms with Crippen LogP contribution in [0.15, 0.2) is 24.3 Å². The van der Waals surface area contributed by atoms with Gasteiger partial charge in [-0.1, -0.05) is 31.2 Å². The molecule has 1 fully saturated rings. The zero-order valence-electron chi connectivity index (χ0n) is 13.7. The van der Waals surface area contributed by atoms with Crippen LogP contribution in [0.1, 0.15) is 49.8 Å². The van der Waals surface area contributed by atoms with Crippen LogP contribution < -0.4 is 5.32 Å². The van der Waals surface area contributed by atoms with Gasteiger partial charge in [-0.2, -0.15) is 0 Å². The predicted octanol–water partition coefficient (Wildman–Crippen LogP) is 3.49. The topological polar surface area (TPSA) is 30.5 Å². The molecule has 0 spiro atoms. The number of fused-ring (bicyclic) bond motifs is 1. The maximum absolute atomic E-state index is 5.95. The van der Waals surface area contributed by atoms with E-state index in [1.54, 1.807) is 0 Å². The van der Waals surface area contributed by atoms with Crippen LogP contribution >= 0.6 is 0 Å². The van der Waals surface area contributed by atoms with Crippen molar-refractivity contribution in [3.8, 4) is 0 Å². The lowest BCUT2D eigenvalue weighted by atomic mass is 9.81. The minimum absolute atomic E-state index is 0.420. The van der Waals surface area contributed by atoms with Gasteiger partial charge in [-0.15, -0.1) is 0 Å². The molecule has 2 atom stereocenters.